The van der Waals surface area contributed by atoms with Crippen molar-refractivity contribution in [2.75, 3.05) is 57.3 Å². The Morgan fingerprint density at radius 2 is 1.77 bits per heavy atom. The van der Waals surface area contributed by atoms with E-state index in [4.69, 9.17) is 4.98 Å². The molecule has 1 aromatic carbocycles. The second-order valence-electron chi connectivity index (χ2n) is 9.49. The molecule has 182 valence electrons. The van der Waals surface area contributed by atoms with Crippen LogP contribution >= 0.6 is 0 Å². The summed E-state index contributed by atoms with van der Waals surface area (Å²) in [6.07, 6.45) is 2.42. The number of para-hydroxylation sites is 2. The molecule has 4 aromatic rings. The van der Waals surface area contributed by atoms with E-state index in [2.05, 4.69) is 20.4 Å². The van der Waals surface area contributed by atoms with E-state index in [1.54, 1.807) is 0 Å². The van der Waals surface area contributed by atoms with Gasteiger partial charge in [0.2, 0.25) is 5.43 Å². The van der Waals surface area contributed by atoms with Crippen LogP contribution in [0, 0.1) is 0 Å². The molecule has 6 rings (SSSR count). The first kappa shape index (κ1) is 22.1. The van der Waals surface area contributed by atoms with Crippen LogP contribution in [0.4, 0.5) is 5.82 Å². The van der Waals surface area contributed by atoms with Crippen molar-refractivity contribution >= 4 is 39.4 Å². The molecule has 0 unspecified atom stereocenters. The number of carbonyl (C=O) groups is 1. The highest BCUT2D eigenvalue weighted by molar-refractivity contribution is 6.05. The number of amides is 1. The quantitative estimate of drug-likeness (QED) is 0.458. The molecule has 35 heavy (non-hydrogen) atoms. The number of nitrogens with one attached hydrogen (secondary N) is 2. The lowest BCUT2D eigenvalue weighted by atomic mass is 10.1. The first-order valence-electron chi connectivity index (χ1n) is 12.5. The summed E-state index contributed by atoms with van der Waals surface area (Å²) in [6.45, 7) is 7.00. The Balaban J connectivity index is 1.51. The molecule has 0 bridgehead atoms. The van der Waals surface area contributed by atoms with E-state index in [1.165, 1.54) is 12.8 Å². The van der Waals surface area contributed by atoms with Gasteiger partial charge in [0.1, 0.15) is 17.0 Å². The van der Waals surface area contributed by atoms with Gasteiger partial charge in [0.05, 0.1) is 16.4 Å². The second-order valence-corrected chi connectivity index (χ2v) is 9.49. The third-order valence-electron chi connectivity index (χ3n) is 7.36. The molecule has 0 spiro atoms. The summed E-state index contributed by atoms with van der Waals surface area (Å²) < 4.78 is 3.91. The van der Waals surface area contributed by atoms with Gasteiger partial charge in [-0.1, -0.05) is 12.1 Å². The van der Waals surface area contributed by atoms with E-state index in [-0.39, 0.29) is 16.9 Å². The standard InChI is InChI=1S/C26H31N7O2/c1-30-19-6-2-3-7-20(19)33-24-18(8-9-21(29-24)32-16-10-27-11-17-32)23(34)22(26(30)33)25(35)28-12-15-31-13-4-5-14-31/h2-3,6-9,27H,4-5,10-17H2,1H3,(H,28,35). The highest BCUT2D eigenvalue weighted by Crippen LogP contribution is 2.26. The second kappa shape index (κ2) is 8.98. The van der Waals surface area contributed by atoms with E-state index in [9.17, 15) is 9.59 Å². The predicted molar refractivity (Wildman–Crippen MR) is 139 cm³/mol. The van der Waals surface area contributed by atoms with Gasteiger partial charge in [-0.15, -0.1) is 0 Å². The Morgan fingerprint density at radius 3 is 2.54 bits per heavy atom. The fourth-order valence-corrected chi connectivity index (χ4v) is 5.53. The van der Waals surface area contributed by atoms with Crippen LogP contribution < -0.4 is 21.0 Å². The third kappa shape index (κ3) is 3.75. The highest BCUT2D eigenvalue weighted by Gasteiger charge is 2.25. The van der Waals surface area contributed by atoms with Crippen molar-refractivity contribution < 1.29 is 4.79 Å². The minimum absolute atomic E-state index is 0.175. The summed E-state index contributed by atoms with van der Waals surface area (Å²) in [7, 11) is 1.91. The summed E-state index contributed by atoms with van der Waals surface area (Å²) in [4.78, 5) is 36.8. The molecule has 2 N–H and O–H groups in total. The van der Waals surface area contributed by atoms with Crippen LogP contribution in [0.2, 0.25) is 0 Å². The number of carbonyl (C=O) groups excluding carboxylic acids is 1. The first-order valence-corrected chi connectivity index (χ1v) is 12.5. The van der Waals surface area contributed by atoms with Crippen molar-refractivity contribution in [3.05, 3.63) is 52.2 Å². The van der Waals surface area contributed by atoms with E-state index in [0.29, 0.717) is 23.2 Å². The molecular formula is C26H31N7O2. The Labute approximate surface area is 203 Å². The monoisotopic (exact) mass is 473 g/mol. The van der Waals surface area contributed by atoms with Crippen molar-refractivity contribution in [2.45, 2.75) is 12.8 Å². The number of nitrogens with zero attached hydrogens (tertiary/aromatic N) is 5. The van der Waals surface area contributed by atoms with E-state index in [0.717, 1.165) is 62.7 Å². The topological polar surface area (TPSA) is 86.9 Å². The normalized spacial score (nSPS) is 17.1. The summed E-state index contributed by atoms with van der Waals surface area (Å²) in [5.74, 6) is 0.522. The minimum atomic E-state index is -0.328. The molecule has 0 radical (unpaired) electrons. The molecule has 9 heteroatoms. The van der Waals surface area contributed by atoms with Crippen LogP contribution in [0.3, 0.4) is 0 Å². The number of aryl methyl sites for hydroxylation is 1. The number of hydrogen-bond donors (Lipinski definition) is 2. The zero-order valence-electron chi connectivity index (χ0n) is 20.1. The number of rotatable bonds is 5. The fourth-order valence-electron chi connectivity index (χ4n) is 5.53. The molecule has 2 saturated heterocycles. The van der Waals surface area contributed by atoms with Gasteiger partial charge in [-0.05, 0) is 50.2 Å². The molecule has 0 aliphatic carbocycles. The average Bonchev–Trinajstić information content (AvgIpc) is 3.51. The van der Waals surface area contributed by atoms with Gasteiger partial charge in [-0.25, -0.2) is 4.98 Å². The number of likely N-dealkylation sites (tertiary alicyclic amines) is 1. The van der Waals surface area contributed by atoms with Crippen LogP contribution in [-0.4, -0.2) is 77.1 Å². The average molecular weight is 474 g/mol. The zero-order valence-corrected chi connectivity index (χ0v) is 20.1. The van der Waals surface area contributed by atoms with E-state index >= 15 is 0 Å². The van der Waals surface area contributed by atoms with Gasteiger partial charge in [0.25, 0.3) is 5.91 Å². The number of imidazole rings is 1. The largest absolute Gasteiger partial charge is 0.354 e. The van der Waals surface area contributed by atoms with Crippen molar-refractivity contribution in [3.8, 4) is 0 Å². The summed E-state index contributed by atoms with van der Waals surface area (Å²) in [5.41, 5.74) is 2.93. The van der Waals surface area contributed by atoms with Gasteiger partial charge < -0.3 is 25.0 Å². The third-order valence-corrected chi connectivity index (χ3v) is 7.36. The smallest absolute Gasteiger partial charge is 0.259 e. The van der Waals surface area contributed by atoms with Crippen LogP contribution in [0.15, 0.2) is 41.2 Å². The van der Waals surface area contributed by atoms with Gasteiger partial charge in [-0.3, -0.25) is 14.0 Å². The Hall–Kier alpha value is -3.43. The lowest BCUT2D eigenvalue weighted by Crippen LogP contribution is -2.43. The fraction of sp³-hybridized carbons (Fsp3) is 0.423. The molecule has 2 aliphatic rings. The highest BCUT2D eigenvalue weighted by atomic mass is 16.2. The van der Waals surface area contributed by atoms with Gasteiger partial charge >= 0.3 is 0 Å². The number of aromatic nitrogens is 3. The maximum absolute atomic E-state index is 13.8. The Morgan fingerprint density at radius 1 is 1.03 bits per heavy atom. The zero-order chi connectivity index (χ0) is 23.9. The number of fused-ring (bicyclic) bond motifs is 5. The van der Waals surface area contributed by atoms with E-state index in [1.807, 2.05) is 52.4 Å². The lowest BCUT2D eigenvalue weighted by Gasteiger charge is -2.28. The number of hydrogen-bond acceptors (Lipinski definition) is 6. The van der Waals surface area contributed by atoms with Crippen LogP contribution in [0.25, 0.3) is 27.7 Å². The maximum atomic E-state index is 13.8. The van der Waals surface area contributed by atoms with Gasteiger partial charge in [0.15, 0.2) is 5.65 Å². The van der Waals surface area contributed by atoms with Crippen LogP contribution in [-0.2, 0) is 7.05 Å². The Bertz CT molecular complexity index is 1480. The number of benzene rings is 1. The summed E-state index contributed by atoms with van der Waals surface area (Å²) in [6, 6.07) is 11.7. The summed E-state index contributed by atoms with van der Waals surface area (Å²) >= 11 is 0. The lowest BCUT2D eigenvalue weighted by molar-refractivity contribution is 0.0950. The first-order chi connectivity index (χ1) is 17.1. The van der Waals surface area contributed by atoms with Crippen molar-refractivity contribution in [1.82, 2.24) is 29.5 Å². The van der Waals surface area contributed by atoms with Crippen molar-refractivity contribution in [1.29, 1.82) is 0 Å². The van der Waals surface area contributed by atoms with Crippen LogP contribution in [0.1, 0.15) is 23.2 Å². The number of pyridine rings is 2. The molecule has 5 heterocycles. The molecule has 0 saturated carbocycles. The van der Waals surface area contributed by atoms with E-state index < -0.39 is 0 Å². The maximum Gasteiger partial charge on any atom is 0.259 e. The molecule has 2 aliphatic heterocycles. The molecule has 0 atom stereocenters. The number of anilines is 1. The van der Waals surface area contributed by atoms with Crippen molar-refractivity contribution in [3.63, 3.8) is 0 Å². The van der Waals surface area contributed by atoms with Gasteiger partial charge in [-0.2, -0.15) is 0 Å². The van der Waals surface area contributed by atoms with Crippen LogP contribution in [0.5, 0.6) is 0 Å². The number of piperazine rings is 1. The predicted octanol–water partition coefficient (Wildman–Crippen LogP) is 1.57. The molecule has 2 fully saturated rings. The SMILES string of the molecule is Cn1c2ccccc2n2c3nc(N4CCNCC4)ccc3c(=O)c(C(=O)NCCN3CCCC3)c12. The van der Waals surface area contributed by atoms with Crippen molar-refractivity contribution in [2.24, 2.45) is 7.05 Å². The molecular weight excluding hydrogens is 442 g/mol. The minimum Gasteiger partial charge on any atom is -0.354 e. The molecule has 3 aromatic heterocycles. The molecule has 1 amide bonds. The molecule has 9 nitrogen and oxygen atoms in total. The summed E-state index contributed by atoms with van der Waals surface area (Å²) in [5, 5.41) is 6.84. The Kier molecular flexibility index (Phi) is 5.66. The van der Waals surface area contributed by atoms with Gasteiger partial charge in [0, 0.05) is 46.3 Å².